The molecule has 0 aromatic carbocycles. The Kier molecular flexibility index (Phi) is 2.97. The van der Waals surface area contributed by atoms with E-state index in [2.05, 4.69) is 17.1 Å². The fourth-order valence-corrected chi connectivity index (χ4v) is 3.22. The van der Waals surface area contributed by atoms with Crippen LogP contribution < -0.4 is 0 Å². The van der Waals surface area contributed by atoms with E-state index in [1.54, 1.807) is 0 Å². The van der Waals surface area contributed by atoms with Crippen molar-refractivity contribution in [2.45, 2.75) is 51.0 Å². The smallest absolute Gasteiger partial charge is 0.0228 e. The molecule has 1 nitrogen and oxygen atoms in total. The molecule has 0 bridgehead atoms. The summed E-state index contributed by atoms with van der Waals surface area (Å²) in [6, 6.07) is 0.810. The van der Waals surface area contributed by atoms with Crippen LogP contribution in [0.5, 0.6) is 0 Å². The third kappa shape index (κ3) is 1.80. The lowest BCUT2D eigenvalue weighted by atomic mass is 9.87. The fourth-order valence-electron chi connectivity index (χ4n) is 2.78. The molecule has 1 saturated carbocycles. The van der Waals surface area contributed by atoms with Gasteiger partial charge in [-0.3, -0.25) is 0 Å². The van der Waals surface area contributed by atoms with Crippen molar-refractivity contribution in [3.63, 3.8) is 0 Å². The third-order valence-corrected chi connectivity index (χ3v) is 3.96. The molecule has 2 rings (SSSR count). The van der Waals surface area contributed by atoms with Crippen LogP contribution in [0.4, 0.5) is 0 Å². The predicted octanol–water partition coefficient (Wildman–Crippen LogP) is 2.88. The Hall–Kier alpha value is 0.310. The maximum atomic E-state index is 4.56. The molecule has 1 aliphatic heterocycles. The summed E-state index contributed by atoms with van der Waals surface area (Å²) < 4.78 is 2.31. The van der Waals surface area contributed by atoms with Gasteiger partial charge in [0.2, 0.25) is 0 Å². The Balaban J connectivity index is 2.00. The molecule has 0 aromatic heterocycles. The highest BCUT2D eigenvalue weighted by molar-refractivity contribution is 7.77. The van der Waals surface area contributed by atoms with E-state index in [0.717, 1.165) is 12.0 Å². The molecule has 1 aliphatic carbocycles. The summed E-state index contributed by atoms with van der Waals surface area (Å²) in [5, 5.41) is 0. The van der Waals surface area contributed by atoms with Gasteiger partial charge in [0.15, 0.2) is 0 Å². The van der Waals surface area contributed by atoms with Gasteiger partial charge in [-0.25, -0.2) is 4.31 Å². The summed E-state index contributed by atoms with van der Waals surface area (Å²) in [5.41, 5.74) is 0. The fraction of sp³-hybridized carbons (Fsp3) is 1.00. The normalized spacial score (nSPS) is 38.8. The maximum Gasteiger partial charge on any atom is 0.0228 e. The lowest BCUT2D eigenvalue weighted by molar-refractivity contribution is 0.181. The number of fused-ring (bicyclic) bond motifs is 1. The van der Waals surface area contributed by atoms with Crippen LogP contribution in [0.25, 0.3) is 0 Å². The van der Waals surface area contributed by atoms with Crippen LogP contribution in [0.2, 0.25) is 0 Å². The van der Waals surface area contributed by atoms with Crippen molar-refractivity contribution in [2.24, 2.45) is 5.92 Å². The summed E-state index contributed by atoms with van der Waals surface area (Å²) >= 11 is 4.56. The summed E-state index contributed by atoms with van der Waals surface area (Å²) in [4.78, 5) is 0. The average molecular weight is 185 g/mol. The van der Waals surface area contributed by atoms with E-state index in [0.29, 0.717) is 0 Å². The van der Waals surface area contributed by atoms with Gasteiger partial charge < -0.3 is 0 Å². The molecule has 12 heavy (non-hydrogen) atoms. The molecule has 1 saturated heterocycles. The van der Waals surface area contributed by atoms with E-state index in [1.165, 1.54) is 51.5 Å². The monoisotopic (exact) mass is 185 g/mol. The van der Waals surface area contributed by atoms with Crippen LogP contribution in [0.3, 0.4) is 0 Å². The van der Waals surface area contributed by atoms with Gasteiger partial charge in [-0.2, -0.15) is 0 Å². The lowest BCUT2D eigenvalue weighted by Crippen LogP contribution is -2.38. The Morgan fingerprint density at radius 3 is 2.58 bits per heavy atom. The third-order valence-electron chi connectivity index (χ3n) is 3.46. The van der Waals surface area contributed by atoms with E-state index < -0.39 is 0 Å². The van der Waals surface area contributed by atoms with Crippen molar-refractivity contribution in [2.75, 3.05) is 6.54 Å². The molecule has 0 radical (unpaired) electrons. The topological polar surface area (TPSA) is 3.24 Å². The minimum atomic E-state index is 0.810. The van der Waals surface area contributed by atoms with Gasteiger partial charge in [0.05, 0.1) is 0 Å². The second-order valence-electron chi connectivity index (χ2n) is 4.27. The van der Waals surface area contributed by atoms with Gasteiger partial charge in [0, 0.05) is 12.6 Å². The molecule has 0 aromatic rings. The Labute approximate surface area is 81.1 Å². The first kappa shape index (κ1) is 8.89. The minimum absolute atomic E-state index is 0.810. The molecule has 0 N–H and O–H groups in total. The summed E-state index contributed by atoms with van der Waals surface area (Å²) in [7, 11) is 0. The second kappa shape index (κ2) is 4.01. The summed E-state index contributed by atoms with van der Waals surface area (Å²) in [6.45, 7) is 1.21. The van der Waals surface area contributed by atoms with Gasteiger partial charge >= 0.3 is 0 Å². The zero-order valence-corrected chi connectivity index (χ0v) is 8.60. The van der Waals surface area contributed by atoms with Crippen molar-refractivity contribution in [3.05, 3.63) is 0 Å². The number of rotatable bonds is 0. The molecule has 1 heterocycles. The number of thiol groups is 1. The van der Waals surface area contributed by atoms with Crippen LogP contribution in [0.1, 0.15) is 44.9 Å². The molecular formula is C10H19NS. The van der Waals surface area contributed by atoms with Gasteiger partial charge in [-0.05, 0) is 31.6 Å². The average Bonchev–Trinajstić information content (AvgIpc) is 2.30. The predicted molar refractivity (Wildman–Crippen MR) is 55.3 cm³/mol. The number of hydrogen-bond donors (Lipinski definition) is 1. The molecule has 2 fully saturated rings. The Morgan fingerprint density at radius 2 is 1.67 bits per heavy atom. The first-order valence-electron chi connectivity index (χ1n) is 5.33. The molecule has 70 valence electrons. The van der Waals surface area contributed by atoms with E-state index >= 15 is 0 Å². The Morgan fingerprint density at radius 1 is 0.917 bits per heavy atom. The van der Waals surface area contributed by atoms with Gasteiger partial charge in [0.1, 0.15) is 0 Å². The first-order chi connectivity index (χ1) is 5.88. The quantitative estimate of drug-likeness (QED) is 0.568. The zero-order chi connectivity index (χ0) is 8.39. The molecular weight excluding hydrogens is 166 g/mol. The summed E-state index contributed by atoms with van der Waals surface area (Å²) in [6.07, 6.45) is 10.0. The second-order valence-corrected chi connectivity index (χ2v) is 4.78. The standard InChI is InChI=1S/C10H19NS/c12-11-8-4-6-9-5-2-1-3-7-10(9)11/h9-10,12H,1-8H2. The maximum absolute atomic E-state index is 4.56. The van der Waals surface area contributed by atoms with E-state index in [1.807, 2.05) is 0 Å². The molecule has 0 spiro atoms. The largest absolute Gasteiger partial charge is 0.250 e. The highest BCUT2D eigenvalue weighted by Crippen LogP contribution is 2.34. The van der Waals surface area contributed by atoms with Crippen LogP contribution in [-0.2, 0) is 0 Å². The highest BCUT2D eigenvalue weighted by Gasteiger charge is 2.30. The Bertz CT molecular complexity index is 149. The van der Waals surface area contributed by atoms with Crippen LogP contribution >= 0.6 is 12.8 Å². The number of piperidine rings is 1. The zero-order valence-electron chi connectivity index (χ0n) is 7.71. The first-order valence-corrected chi connectivity index (χ1v) is 5.73. The summed E-state index contributed by atoms with van der Waals surface area (Å²) in [5.74, 6) is 0.971. The molecule has 2 aliphatic rings. The number of hydrogen-bond acceptors (Lipinski definition) is 2. The molecule has 0 amide bonds. The van der Waals surface area contributed by atoms with E-state index in [-0.39, 0.29) is 0 Å². The van der Waals surface area contributed by atoms with Crippen LogP contribution in [-0.4, -0.2) is 16.9 Å². The number of nitrogens with zero attached hydrogens (tertiary/aromatic N) is 1. The van der Waals surface area contributed by atoms with Crippen LogP contribution in [0, 0.1) is 5.92 Å². The van der Waals surface area contributed by atoms with Crippen molar-refractivity contribution in [1.29, 1.82) is 0 Å². The van der Waals surface area contributed by atoms with Crippen molar-refractivity contribution < 1.29 is 0 Å². The highest BCUT2D eigenvalue weighted by atomic mass is 32.1. The lowest BCUT2D eigenvalue weighted by Gasteiger charge is -2.37. The molecule has 2 atom stereocenters. The SMILES string of the molecule is SN1CCCC2CCCCCC21. The van der Waals surface area contributed by atoms with Gasteiger partial charge in [-0.15, -0.1) is 0 Å². The van der Waals surface area contributed by atoms with E-state index in [4.69, 9.17) is 0 Å². The molecule has 2 heteroatoms. The van der Waals surface area contributed by atoms with Crippen molar-refractivity contribution in [1.82, 2.24) is 4.31 Å². The van der Waals surface area contributed by atoms with Crippen molar-refractivity contribution >= 4 is 12.8 Å². The molecule has 2 unspecified atom stereocenters. The van der Waals surface area contributed by atoms with Crippen molar-refractivity contribution in [3.8, 4) is 0 Å². The van der Waals surface area contributed by atoms with E-state index in [9.17, 15) is 0 Å². The van der Waals surface area contributed by atoms with Crippen LogP contribution in [0.15, 0.2) is 0 Å². The van der Waals surface area contributed by atoms with Gasteiger partial charge in [-0.1, -0.05) is 32.1 Å². The minimum Gasteiger partial charge on any atom is -0.250 e. The van der Waals surface area contributed by atoms with Gasteiger partial charge in [0.25, 0.3) is 0 Å².